The highest BCUT2D eigenvalue weighted by molar-refractivity contribution is 5.95. The lowest BCUT2D eigenvalue weighted by molar-refractivity contribution is -0.191. The number of hydrazine groups is 1. The topological polar surface area (TPSA) is 83.6 Å². The van der Waals surface area contributed by atoms with Crippen LogP contribution >= 0.6 is 0 Å². The maximum atomic E-state index is 13.0. The van der Waals surface area contributed by atoms with Gasteiger partial charge in [0.1, 0.15) is 5.82 Å². The molecule has 0 radical (unpaired) electrons. The quantitative estimate of drug-likeness (QED) is 0.897. The van der Waals surface area contributed by atoms with Crippen LogP contribution in [-0.2, 0) is 14.4 Å². The van der Waals surface area contributed by atoms with Gasteiger partial charge in [-0.15, -0.1) is 0 Å². The minimum atomic E-state index is -0.407. The van der Waals surface area contributed by atoms with Crippen molar-refractivity contribution < 1.29 is 23.6 Å². The highest BCUT2D eigenvalue weighted by atomic mass is 19.1. The van der Waals surface area contributed by atoms with Gasteiger partial charge in [0.2, 0.25) is 5.91 Å². The number of carbonyl (C=O) groups is 2. The molecule has 2 aromatic rings. The summed E-state index contributed by atoms with van der Waals surface area (Å²) in [7, 11) is 0. The fourth-order valence-corrected chi connectivity index (χ4v) is 3.22. The smallest absolute Gasteiger partial charge is 0.273 e. The molecule has 1 saturated heterocycles. The first-order valence-electron chi connectivity index (χ1n) is 8.44. The predicted octanol–water partition coefficient (Wildman–Crippen LogP) is 2.68. The molecule has 2 aromatic carbocycles. The molecule has 1 N–H and O–H groups in total. The Bertz CT molecular complexity index is 818. The van der Waals surface area contributed by atoms with E-state index in [9.17, 15) is 14.0 Å². The third kappa shape index (κ3) is 4.86. The van der Waals surface area contributed by atoms with Crippen LogP contribution in [0.3, 0.4) is 0 Å². The minimum absolute atomic E-state index is 0.0530. The Morgan fingerprint density at radius 3 is 2.30 bits per heavy atom. The van der Waals surface area contributed by atoms with Crippen LogP contribution in [0.15, 0.2) is 54.6 Å². The molecular weight excluding hydrogens is 351 g/mol. The van der Waals surface area contributed by atoms with E-state index in [1.165, 1.54) is 29.3 Å². The predicted molar refractivity (Wildman–Crippen MR) is 93.6 cm³/mol. The summed E-state index contributed by atoms with van der Waals surface area (Å²) in [5.74, 6) is -0.863. The Morgan fingerprint density at radius 1 is 1.15 bits per heavy atom. The van der Waals surface area contributed by atoms with E-state index in [1.54, 1.807) is 0 Å². The van der Waals surface area contributed by atoms with E-state index < -0.39 is 11.7 Å². The first-order chi connectivity index (χ1) is 13.0. The van der Waals surface area contributed by atoms with Crippen LogP contribution < -0.4 is 5.43 Å². The van der Waals surface area contributed by atoms with E-state index in [0.29, 0.717) is 12.0 Å². The molecule has 0 bridgehead atoms. The first kappa shape index (κ1) is 20.0. The highest BCUT2D eigenvalue weighted by Crippen LogP contribution is 2.34. The summed E-state index contributed by atoms with van der Waals surface area (Å²) in [5, 5.41) is 1.43. The van der Waals surface area contributed by atoms with Crippen LogP contribution in [0, 0.1) is 5.82 Å². The Morgan fingerprint density at radius 2 is 1.74 bits per heavy atom. The second kappa shape index (κ2) is 9.40. The normalized spacial score (nSPS) is 18.3. The Labute approximate surface area is 155 Å². The first-order valence-corrected chi connectivity index (χ1v) is 8.44. The zero-order chi connectivity index (χ0) is 19.8. The van der Waals surface area contributed by atoms with Gasteiger partial charge in [-0.2, -0.15) is 9.59 Å². The van der Waals surface area contributed by atoms with E-state index in [-0.39, 0.29) is 24.0 Å². The fraction of sp³-hybridized carbons (Fsp3) is 0.250. The van der Waals surface area contributed by atoms with Crippen LogP contribution in [0.2, 0.25) is 0 Å². The lowest BCUT2D eigenvalue weighted by atomic mass is 9.90. The molecule has 1 heterocycles. The van der Waals surface area contributed by atoms with Crippen LogP contribution in [-0.4, -0.2) is 29.0 Å². The van der Waals surface area contributed by atoms with Gasteiger partial charge in [-0.3, -0.25) is 20.0 Å². The maximum absolute atomic E-state index is 13.0. The van der Waals surface area contributed by atoms with Gasteiger partial charge in [0.25, 0.3) is 5.91 Å². The molecule has 0 aromatic heterocycles. The van der Waals surface area contributed by atoms with Crippen molar-refractivity contribution in [3.8, 4) is 0 Å². The van der Waals surface area contributed by atoms with E-state index in [1.807, 2.05) is 37.3 Å². The third-order valence-corrected chi connectivity index (χ3v) is 4.43. The van der Waals surface area contributed by atoms with Crippen molar-refractivity contribution in [2.24, 2.45) is 0 Å². The SMILES string of the molecule is CC[C@H]1C(c2ccccc2)CC(=O)N1NC(=O)c1ccc(F)cc1.O=C=O. The van der Waals surface area contributed by atoms with Crippen LogP contribution in [0.4, 0.5) is 4.39 Å². The van der Waals surface area contributed by atoms with E-state index in [2.05, 4.69) is 5.43 Å². The number of carbonyl (C=O) groups excluding carboxylic acids is 4. The monoisotopic (exact) mass is 370 g/mol. The lowest BCUT2D eigenvalue weighted by Crippen LogP contribution is -2.48. The van der Waals surface area contributed by atoms with Crippen molar-refractivity contribution in [1.82, 2.24) is 10.4 Å². The van der Waals surface area contributed by atoms with Gasteiger partial charge in [0, 0.05) is 17.9 Å². The average molecular weight is 370 g/mol. The van der Waals surface area contributed by atoms with Crippen LogP contribution in [0.5, 0.6) is 0 Å². The van der Waals surface area contributed by atoms with Crippen molar-refractivity contribution in [3.63, 3.8) is 0 Å². The lowest BCUT2D eigenvalue weighted by Gasteiger charge is -2.27. The second-order valence-electron chi connectivity index (χ2n) is 5.99. The molecule has 3 rings (SSSR count). The summed E-state index contributed by atoms with van der Waals surface area (Å²) in [5.41, 5.74) is 4.10. The largest absolute Gasteiger partial charge is 0.373 e. The van der Waals surface area contributed by atoms with Gasteiger partial charge in [-0.25, -0.2) is 4.39 Å². The van der Waals surface area contributed by atoms with Crippen molar-refractivity contribution in [1.29, 1.82) is 0 Å². The number of hydrogen-bond donors (Lipinski definition) is 1. The molecule has 140 valence electrons. The molecule has 1 aliphatic rings. The number of halogens is 1. The summed E-state index contributed by atoms with van der Waals surface area (Å²) in [6.45, 7) is 2.00. The summed E-state index contributed by atoms with van der Waals surface area (Å²) in [4.78, 5) is 41.0. The van der Waals surface area contributed by atoms with E-state index in [4.69, 9.17) is 9.59 Å². The zero-order valence-electron chi connectivity index (χ0n) is 14.7. The van der Waals surface area contributed by atoms with Gasteiger partial charge in [-0.1, -0.05) is 37.3 Å². The van der Waals surface area contributed by atoms with Gasteiger partial charge in [0.05, 0.1) is 6.04 Å². The summed E-state index contributed by atoms with van der Waals surface area (Å²) < 4.78 is 13.0. The van der Waals surface area contributed by atoms with Crippen molar-refractivity contribution in [2.45, 2.75) is 31.7 Å². The number of hydrogen-bond acceptors (Lipinski definition) is 4. The van der Waals surface area contributed by atoms with Crippen LogP contribution in [0.25, 0.3) is 0 Å². The van der Waals surface area contributed by atoms with Crippen LogP contribution in [0.1, 0.15) is 41.6 Å². The van der Waals surface area contributed by atoms with Crippen molar-refractivity contribution in [2.75, 3.05) is 0 Å². The second-order valence-corrected chi connectivity index (χ2v) is 5.99. The van der Waals surface area contributed by atoms with Gasteiger partial charge in [-0.05, 0) is 36.2 Å². The van der Waals surface area contributed by atoms with E-state index in [0.717, 1.165) is 12.0 Å². The number of amides is 2. The number of nitrogens with one attached hydrogen (secondary N) is 1. The van der Waals surface area contributed by atoms with Gasteiger partial charge in [0.15, 0.2) is 0 Å². The highest BCUT2D eigenvalue weighted by Gasteiger charge is 2.40. The molecule has 27 heavy (non-hydrogen) atoms. The summed E-state index contributed by atoms with van der Waals surface area (Å²) >= 11 is 0. The van der Waals surface area contributed by atoms with Gasteiger partial charge >= 0.3 is 6.15 Å². The molecule has 2 amide bonds. The molecular formula is C20H19FN2O4. The van der Waals surface area contributed by atoms with Gasteiger partial charge < -0.3 is 0 Å². The van der Waals surface area contributed by atoms with E-state index >= 15 is 0 Å². The Kier molecular flexibility index (Phi) is 6.97. The molecule has 1 aliphatic heterocycles. The average Bonchev–Trinajstić information content (AvgIpc) is 2.99. The maximum Gasteiger partial charge on any atom is 0.373 e. The molecule has 1 unspecified atom stereocenters. The summed E-state index contributed by atoms with van der Waals surface area (Å²) in [6.07, 6.45) is 1.35. The molecule has 1 fully saturated rings. The number of nitrogens with zero attached hydrogens (tertiary/aromatic N) is 1. The van der Waals surface area contributed by atoms with Crippen molar-refractivity contribution in [3.05, 3.63) is 71.5 Å². The summed E-state index contributed by atoms with van der Waals surface area (Å²) in [6, 6.07) is 15.0. The number of benzene rings is 2. The Hall–Kier alpha value is -3.31. The molecule has 0 spiro atoms. The molecule has 7 heteroatoms. The Balaban J connectivity index is 0.000000817. The molecule has 6 nitrogen and oxygen atoms in total. The fourth-order valence-electron chi connectivity index (χ4n) is 3.22. The zero-order valence-corrected chi connectivity index (χ0v) is 14.7. The molecule has 0 saturated carbocycles. The standard InChI is InChI=1S/C19H19FN2O2.CO2/c1-2-17-16(13-6-4-3-5-7-13)12-18(23)22(17)21-19(24)14-8-10-15(20)11-9-14;2-1-3/h3-11,16-17H,2,12H2,1H3,(H,21,24);/t16?,17-;/m0./s1. The third-order valence-electron chi connectivity index (χ3n) is 4.43. The minimum Gasteiger partial charge on any atom is -0.273 e. The molecule has 0 aliphatic carbocycles. The van der Waals surface area contributed by atoms with Crippen molar-refractivity contribution >= 4 is 18.0 Å². The number of rotatable bonds is 4. The molecule has 2 atom stereocenters.